The molecule has 0 bridgehead atoms. The highest BCUT2D eigenvalue weighted by Gasteiger charge is 2.21. The van der Waals surface area contributed by atoms with Crippen LogP contribution in [0.1, 0.15) is 0 Å². The molecule has 0 aliphatic carbocycles. The average Bonchev–Trinajstić information content (AvgIpc) is 3.88. The maximum atomic E-state index is 6.99. The van der Waals surface area contributed by atoms with Crippen molar-refractivity contribution >= 4 is 82.5 Å². The summed E-state index contributed by atoms with van der Waals surface area (Å²) >= 11 is 0. The average molecular weight is 754 g/mol. The molecular weight excluding hydrogens is 719 g/mol. The van der Waals surface area contributed by atoms with Gasteiger partial charge in [-0.3, -0.25) is 0 Å². The summed E-state index contributed by atoms with van der Waals surface area (Å²) in [5.74, 6) is 0. The molecule has 0 aliphatic rings. The zero-order valence-electron chi connectivity index (χ0n) is 32.0. The van der Waals surface area contributed by atoms with E-state index in [0.717, 1.165) is 83.0 Å². The van der Waals surface area contributed by atoms with Crippen molar-refractivity contribution in [1.82, 2.24) is 0 Å². The molecule has 0 unspecified atom stereocenters. The van der Waals surface area contributed by atoms with Crippen LogP contribution in [0.3, 0.4) is 0 Å². The summed E-state index contributed by atoms with van der Waals surface area (Å²) in [6.45, 7) is 0. The monoisotopic (exact) mass is 753 g/mol. The fourth-order valence-electron chi connectivity index (χ4n) is 8.98. The zero-order chi connectivity index (χ0) is 38.9. The molecule has 276 valence electrons. The van der Waals surface area contributed by atoms with Gasteiger partial charge in [0.2, 0.25) is 0 Å². The van der Waals surface area contributed by atoms with Crippen LogP contribution in [-0.2, 0) is 0 Å². The Balaban J connectivity index is 1.01. The zero-order valence-corrected chi connectivity index (χ0v) is 32.0. The third kappa shape index (κ3) is 5.51. The van der Waals surface area contributed by atoms with Crippen LogP contribution in [0.5, 0.6) is 0 Å². The van der Waals surface area contributed by atoms with Crippen LogP contribution in [0.15, 0.2) is 221 Å². The second-order valence-electron chi connectivity index (χ2n) is 15.3. The molecular formula is C56H35NO2. The van der Waals surface area contributed by atoms with Crippen molar-refractivity contribution in [2.24, 2.45) is 0 Å². The largest absolute Gasteiger partial charge is 0.456 e. The normalized spacial score (nSPS) is 11.7. The minimum absolute atomic E-state index is 0.849. The van der Waals surface area contributed by atoms with Gasteiger partial charge in [-0.25, -0.2) is 0 Å². The number of furan rings is 2. The Labute approximate surface area is 340 Å². The molecule has 0 atom stereocenters. The number of rotatable bonds is 6. The van der Waals surface area contributed by atoms with Gasteiger partial charge in [-0.2, -0.15) is 0 Å². The van der Waals surface area contributed by atoms with Gasteiger partial charge in [0.05, 0.1) is 5.69 Å². The summed E-state index contributed by atoms with van der Waals surface area (Å²) < 4.78 is 13.1. The summed E-state index contributed by atoms with van der Waals surface area (Å²) in [5.41, 5.74) is 13.6. The highest BCUT2D eigenvalue weighted by Crippen LogP contribution is 2.45. The van der Waals surface area contributed by atoms with E-state index in [1.165, 1.54) is 32.8 Å². The molecule has 2 aromatic heterocycles. The predicted octanol–water partition coefficient (Wildman–Crippen LogP) is 16.3. The Morgan fingerprint density at radius 2 is 0.881 bits per heavy atom. The van der Waals surface area contributed by atoms with Crippen molar-refractivity contribution < 1.29 is 8.83 Å². The van der Waals surface area contributed by atoms with Crippen molar-refractivity contribution in [3.05, 3.63) is 212 Å². The number of hydrogen-bond donors (Lipinski definition) is 0. The number of benzene rings is 10. The first-order valence-corrected chi connectivity index (χ1v) is 20.1. The van der Waals surface area contributed by atoms with Gasteiger partial charge in [0.25, 0.3) is 0 Å². The lowest BCUT2D eigenvalue weighted by Gasteiger charge is -2.26. The quantitative estimate of drug-likeness (QED) is 0.169. The van der Waals surface area contributed by atoms with E-state index in [0.29, 0.717) is 0 Å². The van der Waals surface area contributed by atoms with E-state index < -0.39 is 0 Å². The molecule has 0 fully saturated rings. The van der Waals surface area contributed by atoms with Crippen molar-refractivity contribution in [2.45, 2.75) is 0 Å². The highest BCUT2D eigenvalue weighted by atomic mass is 16.3. The van der Waals surface area contributed by atoms with Crippen molar-refractivity contribution in [1.29, 1.82) is 0 Å². The van der Waals surface area contributed by atoms with E-state index in [1.807, 2.05) is 12.1 Å². The first kappa shape index (κ1) is 33.3. The molecule has 59 heavy (non-hydrogen) atoms. The highest BCUT2D eigenvalue weighted by molar-refractivity contribution is 6.14. The third-order valence-corrected chi connectivity index (χ3v) is 11.8. The summed E-state index contributed by atoms with van der Waals surface area (Å²) in [7, 11) is 0. The Morgan fingerprint density at radius 1 is 0.288 bits per heavy atom. The maximum absolute atomic E-state index is 6.99. The van der Waals surface area contributed by atoms with Crippen LogP contribution in [0.25, 0.3) is 98.8 Å². The molecule has 0 N–H and O–H groups in total. The van der Waals surface area contributed by atoms with Gasteiger partial charge in [0.1, 0.15) is 16.7 Å². The van der Waals surface area contributed by atoms with Crippen molar-refractivity contribution in [3.63, 3.8) is 0 Å². The molecule has 0 spiro atoms. The number of fused-ring (bicyclic) bond motifs is 8. The van der Waals surface area contributed by atoms with Crippen LogP contribution in [0.2, 0.25) is 0 Å². The summed E-state index contributed by atoms with van der Waals surface area (Å²) in [5, 5.41) is 9.25. The third-order valence-electron chi connectivity index (χ3n) is 11.8. The lowest BCUT2D eigenvalue weighted by Crippen LogP contribution is -2.10. The number of anilines is 3. The Morgan fingerprint density at radius 3 is 1.78 bits per heavy atom. The molecule has 0 aliphatic heterocycles. The SMILES string of the molecule is c1ccc(-c2cccc3c2oc2c(N(c4ccc(-c5cccc6ccccc56)cc4)c4ccc5cc(-c6ccc7oc8ccccc8c7c6)ccc5c4)cccc23)cc1. The second-order valence-corrected chi connectivity index (χ2v) is 15.3. The van der Waals surface area contributed by atoms with Crippen LogP contribution in [0.4, 0.5) is 17.1 Å². The topological polar surface area (TPSA) is 29.5 Å². The smallest absolute Gasteiger partial charge is 0.159 e. The van der Waals surface area contributed by atoms with Crippen molar-refractivity contribution in [2.75, 3.05) is 4.90 Å². The Bertz CT molecular complexity index is 3550. The number of hydrogen-bond acceptors (Lipinski definition) is 3. The predicted molar refractivity (Wildman–Crippen MR) is 247 cm³/mol. The van der Waals surface area contributed by atoms with Gasteiger partial charge in [-0.1, -0.05) is 158 Å². The minimum Gasteiger partial charge on any atom is -0.456 e. The first-order valence-electron chi connectivity index (χ1n) is 20.1. The molecule has 0 saturated carbocycles. The van der Waals surface area contributed by atoms with Gasteiger partial charge >= 0.3 is 0 Å². The van der Waals surface area contributed by atoms with E-state index >= 15 is 0 Å². The molecule has 2 heterocycles. The molecule has 12 rings (SSSR count). The van der Waals surface area contributed by atoms with E-state index in [9.17, 15) is 0 Å². The van der Waals surface area contributed by atoms with E-state index in [-0.39, 0.29) is 0 Å². The summed E-state index contributed by atoms with van der Waals surface area (Å²) in [4.78, 5) is 2.34. The van der Waals surface area contributed by atoms with Gasteiger partial charge in [-0.15, -0.1) is 0 Å². The number of nitrogens with zero attached hydrogens (tertiary/aromatic N) is 1. The fourth-order valence-corrected chi connectivity index (χ4v) is 8.98. The Kier molecular flexibility index (Phi) is 7.54. The summed E-state index contributed by atoms with van der Waals surface area (Å²) in [6, 6.07) is 75.7. The fraction of sp³-hybridized carbons (Fsp3) is 0. The summed E-state index contributed by atoms with van der Waals surface area (Å²) in [6.07, 6.45) is 0. The Hall–Kier alpha value is -7.88. The minimum atomic E-state index is 0.849. The lowest BCUT2D eigenvalue weighted by molar-refractivity contribution is 0.669. The van der Waals surface area contributed by atoms with E-state index in [2.05, 4.69) is 205 Å². The van der Waals surface area contributed by atoms with Crippen LogP contribution < -0.4 is 4.90 Å². The molecule has 3 heteroatoms. The molecule has 0 radical (unpaired) electrons. The van der Waals surface area contributed by atoms with Gasteiger partial charge in [0, 0.05) is 38.5 Å². The number of para-hydroxylation sites is 3. The molecule has 10 aromatic carbocycles. The van der Waals surface area contributed by atoms with Gasteiger partial charge in [0.15, 0.2) is 5.58 Å². The van der Waals surface area contributed by atoms with Gasteiger partial charge in [-0.05, 0) is 104 Å². The van der Waals surface area contributed by atoms with Crippen molar-refractivity contribution in [3.8, 4) is 33.4 Å². The van der Waals surface area contributed by atoms with E-state index in [4.69, 9.17) is 8.83 Å². The standard InChI is InChI=1S/C56H35NO2/c1-2-11-37(12-3-1)47-18-9-19-49-50-20-10-21-52(56(50)59-55(47)49)57(43-29-25-38(26-30-43)46-17-8-14-36-13-4-5-15-45(36)46)44-31-27-40-33-39(23-24-41(40)34-44)42-28-32-54-51(35-42)48-16-6-7-22-53(48)58-54/h1-35H. The van der Waals surface area contributed by atoms with E-state index in [1.54, 1.807) is 0 Å². The van der Waals surface area contributed by atoms with Crippen LogP contribution >= 0.6 is 0 Å². The molecule has 3 nitrogen and oxygen atoms in total. The van der Waals surface area contributed by atoms with Crippen LogP contribution in [0, 0.1) is 0 Å². The molecule has 0 saturated heterocycles. The maximum Gasteiger partial charge on any atom is 0.159 e. The van der Waals surface area contributed by atoms with Gasteiger partial charge < -0.3 is 13.7 Å². The first-order chi connectivity index (χ1) is 29.2. The molecule has 0 amide bonds. The van der Waals surface area contributed by atoms with Crippen LogP contribution in [-0.4, -0.2) is 0 Å². The molecule has 12 aromatic rings. The lowest BCUT2D eigenvalue weighted by atomic mass is 9.97. The second kappa shape index (κ2) is 13.4.